The molecule has 0 aliphatic heterocycles. The maximum Gasteiger partial charge on any atom is 0.416 e. The molecule has 4 N–H and O–H groups in total. The summed E-state index contributed by atoms with van der Waals surface area (Å²) in [7, 11) is 0. The van der Waals surface area contributed by atoms with Gasteiger partial charge in [-0.1, -0.05) is 23.7 Å². The molecule has 1 heterocycles. The summed E-state index contributed by atoms with van der Waals surface area (Å²) in [6.45, 7) is 0.470. The van der Waals surface area contributed by atoms with E-state index in [0.717, 1.165) is 17.7 Å². The fourth-order valence-corrected chi connectivity index (χ4v) is 2.43. The van der Waals surface area contributed by atoms with Crippen molar-refractivity contribution in [2.75, 3.05) is 16.4 Å². The number of hydrogen-bond acceptors (Lipinski definition) is 5. The molecule has 3 rings (SSSR count). The van der Waals surface area contributed by atoms with Crippen molar-refractivity contribution in [1.29, 1.82) is 0 Å². The predicted molar refractivity (Wildman–Crippen MR) is 99.9 cm³/mol. The molecule has 9 heteroatoms. The molecule has 0 amide bonds. The van der Waals surface area contributed by atoms with Crippen molar-refractivity contribution in [2.45, 2.75) is 12.7 Å². The molecular formula is C18H15ClF3N5. The van der Waals surface area contributed by atoms with Gasteiger partial charge in [-0.3, -0.25) is 0 Å². The maximum absolute atomic E-state index is 12.6. The van der Waals surface area contributed by atoms with E-state index in [4.69, 9.17) is 17.3 Å². The van der Waals surface area contributed by atoms with Crippen molar-refractivity contribution in [2.24, 2.45) is 0 Å². The zero-order valence-electron chi connectivity index (χ0n) is 13.9. The van der Waals surface area contributed by atoms with E-state index in [9.17, 15) is 13.2 Å². The van der Waals surface area contributed by atoms with E-state index >= 15 is 0 Å². The molecule has 2 aromatic carbocycles. The number of nitrogen functional groups attached to an aromatic ring is 1. The lowest BCUT2D eigenvalue weighted by molar-refractivity contribution is -0.137. The Bertz CT molecular complexity index is 912. The standard InChI is InChI=1S/C18H15ClF3N5/c19-13-5-1-11(2-6-13)9-24-16-15(23)17(26-10-25-16)27-14-7-3-12(4-8-14)18(20,21)22/h1-8,10H,9,23H2,(H2,24,25,26,27). The van der Waals surface area contributed by atoms with Gasteiger partial charge in [-0.05, 0) is 42.0 Å². The molecule has 27 heavy (non-hydrogen) atoms. The highest BCUT2D eigenvalue weighted by Crippen LogP contribution is 2.31. The van der Waals surface area contributed by atoms with Crippen LogP contribution in [0.1, 0.15) is 11.1 Å². The molecule has 0 radical (unpaired) electrons. The third-order valence-corrected chi connectivity index (χ3v) is 3.98. The maximum atomic E-state index is 12.6. The van der Waals surface area contributed by atoms with Gasteiger partial charge >= 0.3 is 6.18 Å². The second kappa shape index (κ2) is 7.71. The number of rotatable bonds is 5. The minimum atomic E-state index is -4.38. The summed E-state index contributed by atoms with van der Waals surface area (Å²) >= 11 is 5.85. The van der Waals surface area contributed by atoms with Crippen LogP contribution in [0.4, 0.5) is 36.2 Å². The van der Waals surface area contributed by atoms with Crippen molar-refractivity contribution in [1.82, 2.24) is 9.97 Å². The highest BCUT2D eigenvalue weighted by atomic mass is 35.5. The molecule has 0 fully saturated rings. The van der Waals surface area contributed by atoms with Crippen LogP contribution >= 0.6 is 11.6 Å². The van der Waals surface area contributed by atoms with Crippen molar-refractivity contribution in [3.05, 3.63) is 71.0 Å². The van der Waals surface area contributed by atoms with Gasteiger partial charge in [-0.15, -0.1) is 0 Å². The largest absolute Gasteiger partial charge is 0.416 e. The average molecular weight is 394 g/mol. The lowest BCUT2D eigenvalue weighted by Crippen LogP contribution is -2.08. The van der Waals surface area contributed by atoms with E-state index in [1.165, 1.54) is 18.5 Å². The van der Waals surface area contributed by atoms with Gasteiger partial charge in [0.1, 0.15) is 12.0 Å². The minimum absolute atomic E-state index is 0.256. The first-order valence-corrected chi connectivity index (χ1v) is 8.24. The number of benzene rings is 2. The van der Waals surface area contributed by atoms with Crippen LogP contribution in [-0.2, 0) is 12.7 Å². The molecule has 1 aromatic heterocycles. The first kappa shape index (κ1) is 18.8. The number of nitrogens with zero attached hydrogens (tertiary/aromatic N) is 2. The molecule has 0 bridgehead atoms. The molecule has 5 nitrogen and oxygen atoms in total. The normalized spacial score (nSPS) is 11.3. The Labute approximate surface area is 158 Å². The second-order valence-electron chi connectivity index (χ2n) is 5.66. The van der Waals surface area contributed by atoms with Crippen LogP contribution in [0.2, 0.25) is 5.02 Å². The number of aromatic nitrogens is 2. The van der Waals surface area contributed by atoms with Crippen molar-refractivity contribution >= 4 is 34.6 Å². The molecule has 0 saturated carbocycles. The highest BCUT2D eigenvalue weighted by molar-refractivity contribution is 6.30. The van der Waals surface area contributed by atoms with Crippen LogP contribution in [0.5, 0.6) is 0 Å². The Morgan fingerprint density at radius 2 is 1.56 bits per heavy atom. The smallest absolute Gasteiger partial charge is 0.393 e. The number of anilines is 4. The van der Waals surface area contributed by atoms with Gasteiger partial charge in [-0.2, -0.15) is 13.2 Å². The van der Waals surface area contributed by atoms with Gasteiger partial charge in [0.05, 0.1) is 5.56 Å². The Morgan fingerprint density at radius 3 is 2.19 bits per heavy atom. The third kappa shape index (κ3) is 4.79. The molecule has 0 saturated heterocycles. The number of halogens is 4. The van der Waals surface area contributed by atoms with Gasteiger partial charge in [0, 0.05) is 17.3 Å². The summed E-state index contributed by atoms with van der Waals surface area (Å²) in [5.41, 5.74) is 7.00. The van der Waals surface area contributed by atoms with Crippen molar-refractivity contribution in [3.63, 3.8) is 0 Å². The van der Waals surface area contributed by atoms with Crippen LogP contribution < -0.4 is 16.4 Å². The minimum Gasteiger partial charge on any atom is -0.393 e. The summed E-state index contributed by atoms with van der Waals surface area (Å²) in [5, 5.41) is 6.63. The number of hydrogen-bond donors (Lipinski definition) is 3. The van der Waals surface area contributed by atoms with Crippen molar-refractivity contribution in [3.8, 4) is 0 Å². The van der Waals surface area contributed by atoms with Gasteiger partial charge in [0.15, 0.2) is 11.6 Å². The van der Waals surface area contributed by atoms with E-state index in [1.807, 2.05) is 12.1 Å². The summed E-state index contributed by atoms with van der Waals surface area (Å²) in [4.78, 5) is 8.14. The fourth-order valence-electron chi connectivity index (χ4n) is 2.30. The van der Waals surface area contributed by atoms with Crippen LogP contribution in [0.25, 0.3) is 0 Å². The molecule has 0 spiro atoms. The molecule has 0 aliphatic rings. The van der Waals surface area contributed by atoms with Crippen molar-refractivity contribution < 1.29 is 13.2 Å². The molecule has 140 valence electrons. The van der Waals surface area contributed by atoms with Crippen LogP contribution in [0.15, 0.2) is 54.9 Å². The van der Waals surface area contributed by atoms with E-state index in [1.54, 1.807) is 12.1 Å². The Morgan fingerprint density at radius 1 is 0.926 bits per heavy atom. The average Bonchev–Trinajstić information content (AvgIpc) is 2.63. The molecule has 0 atom stereocenters. The van der Waals surface area contributed by atoms with Crippen LogP contribution in [0.3, 0.4) is 0 Å². The van der Waals surface area contributed by atoms with E-state index in [0.29, 0.717) is 28.9 Å². The van der Waals surface area contributed by atoms with Gasteiger partial charge in [0.2, 0.25) is 0 Å². The monoisotopic (exact) mass is 393 g/mol. The number of nitrogens with one attached hydrogen (secondary N) is 2. The lowest BCUT2D eigenvalue weighted by Gasteiger charge is -2.13. The summed E-state index contributed by atoms with van der Waals surface area (Å²) < 4.78 is 37.9. The summed E-state index contributed by atoms with van der Waals surface area (Å²) in [6, 6.07) is 11.9. The second-order valence-corrected chi connectivity index (χ2v) is 6.10. The topological polar surface area (TPSA) is 75.9 Å². The predicted octanol–water partition coefficient (Wildman–Crippen LogP) is 5.09. The zero-order chi connectivity index (χ0) is 19.4. The van der Waals surface area contributed by atoms with E-state index in [-0.39, 0.29) is 5.69 Å². The summed E-state index contributed by atoms with van der Waals surface area (Å²) in [6.07, 6.45) is -3.07. The molecular weight excluding hydrogens is 379 g/mol. The van der Waals surface area contributed by atoms with Gasteiger partial charge in [0.25, 0.3) is 0 Å². The zero-order valence-corrected chi connectivity index (χ0v) is 14.6. The first-order valence-electron chi connectivity index (χ1n) is 7.86. The third-order valence-electron chi connectivity index (χ3n) is 3.73. The molecule has 0 aliphatic carbocycles. The number of alkyl halides is 3. The van der Waals surface area contributed by atoms with Crippen LogP contribution in [0, 0.1) is 0 Å². The Kier molecular flexibility index (Phi) is 5.36. The summed E-state index contributed by atoms with van der Waals surface area (Å²) in [5.74, 6) is 0.706. The molecule has 3 aromatic rings. The molecule has 0 unspecified atom stereocenters. The van der Waals surface area contributed by atoms with Crippen LogP contribution in [-0.4, -0.2) is 9.97 Å². The quantitative estimate of drug-likeness (QED) is 0.563. The Hall–Kier alpha value is -3.00. The van der Waals surface area contributed by atoms with Gasteiger partial charge < -0.3 is 16.4 Å². The lowest BCUT2D eigenvalue weighted by atomic mass is 10.2. The van der Waals surface area contributed by atoms with E-state index < -0.39 is 11.7 Å². The first-order chi connectivity index (χ1) is 12.8. The SMILES string of the molecule is Nc1c(NCc2ccc(Cl)cc2)ncnc1Nc1ccc(C(F)(F)F)cc1. The fraction of sp³-hybridized carbons (Fsp3) is 0.111. The van der Waals surface area contributed by atoms with Gasteiger partial charge in [-0.25, -0.2) is 9.97 Å². The Balaban J connectivity index is 1.71. The number of nitrogens with two attached hydrogens (primary N) is 1. The van der Waals surface area contributed by atoms with E-state index in [2.05, 4.69) is 20.6 Å². The highest BCUT2D eigenvalue weighted by Gasteiger charge is 2.29.